The molecule has 0 radical (unpaired) electrons. The van der Waals surface area contributed by atoms with Crippen molar-refractivity contribution in [3.8, 4) is 0 Å². The molecule has 1 atom stereocenters. The Morgan fingerprint density at radius 3 is 1.79 bits per heavy atom. The first kappa shape index (κ1) is 25.2. The van der Waals surface area contributed by atoms with E-state index in [0.717, 1.165) is 27.8 Å². The predicted octanol–water partition coefficient (Wildman–Crippen LogP) is 6.74. The summed E-state index contributed by atoms with van der Waals surface area (Å²) < 4.78 is 47.3. The first-order valence-corrected chi connectivity index (χ1v) is 12.9. The van der Waals surface area contributed by atoms with Gasteiger partial charge in [0.1, 0.15) is 5.54 Å². The van der Waals surface area contributed by atoms with E-state index in [0.29, 0.717) is 17.5 Å². The molecule has 0 saturated carbocycles. The average Bonchev–Trinajstić information content (AvgIpc) is 3.27. The molecule has 1 aromatic heterocycles. The van der Waals surface area contributed by atoms with E-state index in [4.69, 9.17) is 4.42 Å². The van der Waals surface area contributed by atoms with Crippen LogP contribution in [0.5, 0.6) is 0 Å². The molecule has 6 rings (SSSR count). The lowest BCUT2D eigenvalue weighted by Crippen LogP contribution is -2.44. The van der Waals surface area contributed by atoms with Gasteiger partial charge in [-0.2, -0.15) is 13.2 Å². The molecule has 198 valence electrons. The minimum absolute atomic E-state index is 0.141. The summed E-state index contributed by atoms with van der Waals surface area (Å²) in [4.78, 5) is 15.4. The van der Waals surface area contributed by atoms with Gasteiger partial charge in [0.2, 0.25) is 0 Å². The van der Waals surface area contributed by atoms with Crippen molar-refractivity contribution in [1.29, 1.82) is 0 Å². The Hall–Kier alpha value is -4.10. The molecule has 7 heteroatoms. The molecule has 4 nitrogen and oxygen atoms in total. The van der Waals surface area contributed by atoms with Crippen LogP contribution >= 0.6 is 0 Å². The molecule has 0 fully saturated rings. The van der Waals surface area contributed by atoms with Crippen molar-refractivity contribution in [3.05, 3.63) is 141 Å². The highest BCUT2D eigenvalue weighted by Gasteiger charge is 2.42. The number of hydrogen-bond acceptors (Lipinski definition) is 3. The molecule has 0 N–H and O–H groups in total. The van der Waals surface area contributed by atoms with Crippen LogP contribution in [0.1, 0.15) is 34.7 Å². The largest absolute Gasteiger partial charge is 0.421 e. The maximum Gasteiger partial charge on any atom is 0.421 e. The molecular formula is C32H27F3N2O2. The second kappa shape index (κ2) is 9.58. The van der Waals surface area contributed by atoms with Gasteiger partial charge in [0.25, 0.3) is 0 Å². The predicted molar refractivity (Wildman–Crippen MR) is 145 cm³/mol. The fraction of sp³-hybridized carbons (Fsp3) is 0.219. The first-order chi connectivity index (χ1) is 18.8. The second-order valence-corrected chi connectivity index (χ2v) is 10.1. The van der Waals surface area contributed by atoms with E-state index in [1.165, 1.54) is 4.90 Å². The second-order valence-electron chi connectivity index (χ2n) is 10.1. The van der Waals surface area contributed by atoms with Gasteiger partial charge in [-0.3, -0.25) is 9.47 Å². The molecule has 0 saturated heterocycles. The lowest BCUT2D eigenvalue weighted by atomic mass is 9.76. The lowest BCUT2D eigenvalue weighted by Gasteiger charge is -2.37. The van der Waals surface area contributed by atoms with Gasteiger partial charge in [-0.05, 0) is 41.7 Å². The smallest absolute Gasteiger partial charge is 0.407 e. The monoisotopic (exact) mass is 528 g/mol. The van der Waals surface area contributed by atoms with Gasteiger partial charge in [-0.1, -0.05) is 97.1 Å². The van der Waals surface area contributed by atoms with Crippen LogP contribution in [0.4, 0.5) is 13.2 Å². The molecule has 1 aliphatic rings. The van der Waals surface area contributed by atoms with Crippen LogP contribution in [0.15, 0.2) is 112 Å². The van der Waals surface area contributed by atoms with E-state index in [2.05, 4.69) is 0 Å². The molecule has 39 heavy (non-hydrogen) atoms. The Balaban J connectivity index is 1.64. The van der Waals surface area contributed by atoms with Gasteiger partial charge in [-0.25, -0.2) is 4.79 Å². The third kappa shape index (κ3) is 4.27. The van der Waals surface area contributed by atoms with Crippen molar-refractivity contribution >= 4 is 11.1 Å². The van der Waals surface area contributed by atoms with Crippen LogP contribution in [0.2, 0.25) is 0 Å². The van der Waals surface area contributed by atoms with Crippen molar-refractivity contribution in [2.75, 3.05) is 6.54 Å². The van der Waals surface area contributed by atoms with Crippen LogP contribution in [0, 0.1) is 0 Å². The number of hydrogen-bond donors (Lipinski definition) is 0. The molecule has 0 amide bonds. The van der Waals surface area contributed by atoms with Crippen molar-refractivity contribution in [1.82, 2.24) is 9.47 Å². The summed E-state index contributed by atoms with van der Waals surface area (Å²) in [5.41, 5.74) is 4.17. The highest BCUT2D eigenvalue weighted by Crippen LogP contribution is 2.43. The minimum Gasteiger partial charge on any atom is -0.407 e. The van der Waals surface area contributed by atoms with E-state index in [1.54, 1.807) is 11.5 Å². The zero-order valence-corrected chi connectivity index (χ0v) is 21.4. The van der Waals surface area contributed by atoms with Crippen molar-refractivity contribution in [2.45, 2.75) is 37.6 Å². The number of aromatic nitrogens is 1. The Kier molecular flexibility index (Phi) is 6.19. The standard InChI is InChI=1S/C32H27F3N2O2/c1-22-19-27-23(20-36(22)21-31(33,34)35)17-18-28-29(27)39-30(38)37(28)32(24-11-5-2-6-12-24,25-13-7-3-8-14-25)26-15-9-4-10-16-26/h2-18,22H,19-21H2,1H3. The summed E-state index contributed by atoms with van der Waals surface area (Å²) in [6.45, 7) is 0.947. The Morgan fingerprint density at radius 1 is 0.795 bits per heavy atom. The van der Waals surface area contributed by atoms with Crippen LogP contribution < -0.4 is 5.76 Å². The summed E-state index contributed by atoms with van der Waals surface area (Å²) in [5, 5.41) is 0. The molecule has 1 aliphatic heterocycles. The third-order valence-electron chi connectivity index (χ3n) is 7.74. The fourth-order valence-corrected chi connectivity index (χ4v) is 6.03. The van der Waals surface area contributed by atoms with Crippen LogP contribution in [0.3, 0.4) is 0 Å². The van der Waals surface area contributed by atoms with Crippen molar-refractivity contribution < 1.29 is 17.6 Å². The zero-order chi connectivity index (χ0) is 27.2. The molecule has 0 bridgehead atoms. The number of halogens is 3. The van der Waals surface area contributed by atoms with Gasteiger partial charge in [0.15, 0.2) is 5.58 Å². The number of benzene rings is 4. The molecule has 0 spiro atoms. The Labute approximate surface area is 223 Å². The fourth-order valence-electron chi connectivity index (χ4n) is 6.03. The summed E-state index contributed by atoms with van der Waals surface area (Å²) in [6, 6.07) is 32.8. The third-order valence-corrected chi connectivity index (χ3v) is 7.74. The van der Waals surface area contributed by atoms with Gasteiger partial charge in [0.05, 0.1) is 12.1 Å². The summed E-state index contributed by atoms with van der Waals surface area (Å²) in [5.74, 6) is -0.527. The number of alkyl halides is 3. The topological polar surface area (TPSA) is 38.4 Å². The first-order valence-electron chi connectivity index (χ1n) is 12.9. The Bertz CT molecular complexity index is 1560. The van der Waals surface area contributed by atoms with Gasteiger partial charge >= 0.3 is 11.9 Å². The maximum absolute atomic E-state index is 14.0. The normalized spacial score (nSPS) is 16.4. The lowest BCUT2D eigenvalue weighted by molar-refractivity contribution is -0.152. The van der Waals surface area contributed by atoms with E-state index in [-0.39, 0.29) is 12.6 Å². The summed E-state index contributed by atoms with van der Waals surface area (Å²) in [6.07, 6.45) is -3.93. The number of rotatable bonds is 5. The zero-order valence-electron chi connectivity index (χ0n) is 21.4. The molecule has 0 aliphatic carbocycles. The average molecular weight is 529 g/mol. The van der Waals surface area contributed by atoms with Crippen molar-refractivity contribution in [3.63, 3.8) is 0 Å². The van der Waals surface area contributed by atoms with Gasteiger partial charge < -0.3 is 4.42 Å². The number of fused-ring (bicyclic) bond motifs is 3. The van der Waals surface area contributed by atoms with Crippen LogP contribution in [0.25, 0.3) is 11.1 Å². The minimum atomic E-state index is -4.29. The summed E-state index contributed by atoms with van der Waals surface area (Å²) in [7, 11) is 0. The highest BCUT2D eigenvalue weighted by molar-refractivity contribution is 5.80. The maximum atomic E-state index is 14.0. The Morgan fingerprint density at radius 2 is 1.31 bits per heavy atom. The number of oxazole rings is 1. The van der Waals surface area contributed by atoms with Crippen molar-refractivity contribution in [2.24, 2.45) is 0 Å². The molecular weight excluding hydrogens is 501 g/mol. The number of nitrogens with zero attached hydrogens (tertiary/aromatic N) is 2. The molecule has 2 heterocycles. The van der Waals surface area contributed by atoms with E-state index < -0.39 is 24.0 Å². The van der Waals surface area contributed by atoms with E-state index in [9.17, 15) is 18.0 Å². The van der Waals surface area contributed by atoms with Crippen LogP contribution in [-0.4, -0.2) is 28.2 Å². The molecule has 4 aromatic carbocycles. The summed E-state index contributed by atoms with van der Waals surface area (Å²) >= 11 is 0. The molecule has 1 unspecified atom stereocenters. The van der Waals surface area contributed by atoms with E-state index in [1.807, 2.05) is 103 Å². The van der Waals surface area contributed by atoms with E-state index >= 15 is 0 Å². The SMILES string of the molecule is CC1Cc2c(ccc3c2oc(=O)n3C(c2ccccc2)(c2ccccc2)c2ccccc2)CN1CC(F)(F)F. The quantitative estimate of drug-likeness (QED) is 0.237. The molecule has 5 aromatic rings. The van der Waals surface area contributed by atoms with Gasteiger partial charge in [-0.15, -0.1) is 0 Å². The highest BCUT2D eigenvalue weighted by atomic mass is 19.4. The van der Waals surface area contributed by atoms with Gasteiger partial charge in [0, 0.05) is 18.2 Å². The van der Waals surface area contributed by atoms with Crippen LogP contribution in [-0.2, 0) is 18.5 Å².